The zero-order valence-electron chi connectivity index (χ0n) is 25.1. The average molecular weight is 637 g/mol. The normalized spacial score (nSPS) is 14.4. The van der Waals surface area contributed by atoms with E-state index in [1.807, 2.05) is 30.3 Å². The van der Waals surface area contributed by atoms with Crippen LogP contribution in [0.4, 0.5) is 0 Å². The number of fused-ring (bicyclic) bond motifs is 1. The van der Waals surface area contributed by atoms with Crippen molar-refractivity contribution in [1.29, 1.82) is 0 Å². The van der Waals surface area contributed by atoms with E-state index in [2.05, 4.69) is 0 Å². The Morgan fingerprint density at radius 2 is 1.72 bits per heavy atom. The van der Waals surface area contributed by atoms with Gasteiger partial charge in [0.1, 0.15) is 17.6 Å². The maximum absolute atomic E-state index is 14.2. The van der Waals surface area contributed by atoms with Crippen LogP contribution in [0, 0.1) is 0 Å². The molecule has 0 fully saturated rings. The number of esters is 1. The fourth-order valence-electron chi connectivity index (χ4n) is 5.35. The quantitative estimate of drug-likeness (QED) is 0.226. The molecule has 5 aromatic rings. The summed E-state index contributed by atoms with van der Waals surface area (Å²) in [6.45, 7) is 1.84. The Labute approximate surface area is 266 Å². The van der Waals surface area contributed by atoms with Gasteiger partial charge in [0, 0.05) is 22.8 Å². The maximum atomic E-state index is 14.2. The molecule has 2 aromatic heterocycles. The van der Waals surface area contributed by atoms with Gasteiger partial charge in [-0.15, -0.1) is 0 Å². The Balaban J connectivity index is 1.57. The number of carboxylic acids is 1. The standard InChI is InChI=1S/C35H28N2O8S/c1-4-44-34(41)28-29(21-9-6-5-7-10-21)36-35-37(30(28)24-11-8-12-26(42-2)31(24)43-3)32(38)27(46-35)19-23-17-18-25(45-23)20-13-15-22(16-14-20)33(39)40/h5-19,30H,4H2,1-3H3,(H,39,40). The van der Waals surface area contributed by atoms with Crippen LogP contribution in [0.25, 0.3) is 23.1 Å². The van der Waals surface area contributed by atoms with Crippen molar-refractivity contribution in [3.8, 4) is 22.8 Å². The molecule has 6 rings (SSSR count). The zero-order chi connectivity index (χ0) is 32.4. The van der Waals surface area contributed by atoms with Crippen molar-refractivity contribution in [1.82, 2.24) is 4.57 Å². The lowest BCUT2D eigenvalue weighted by molar-refractivity contribution is -0.138. The number of carbonyl (C=O) groups excluding carboxylic acids is 1. The molecule has 0 aliphatic carbocycles. The zero-order valence-corrected chi connectivity index (χ0v) is 25.9. The van der Waals surface area contributed by atoms with E-state index in [4.69, 9.17) is 23.6 Å². The number of aromatic carboxylic acids is 1. The van der Waals surface area contributed by atoms with E-state index in [0.717, 1.165) is 11.3 Å². The van der Waals surface area contributed by atoms with Gasteiger partial charge in [-0.1, -0.05) is 65.9 Å². The van der Waals surface area contributed by atoms with Gasteiger partial charge in [-0.25, -0.2) is 14.6 Å². The van der Waals surface area contributed by atoms with Crippen molar-refractivity contribution in [2.75, 3.05) is 20.8 Å². The predicted molar refractivity (Wildman–Crippen MR) is 172 cm³/mol. The summed E-state index contributed by atoms with van der Waals surface area (Å²) in [7, 11) is 3.02. The van der Waals surface area contributed by atoms with E-state index in [-0.39, 0.29) is 17.7 Å². The molecule has 0 radical (unpaired) electrons. The number of carbonyl (C=O) groups is 2. The van der Waals surface area contributed by atoms with Gasteiger partial charge in [0.25, 0.3) is 5.56 Å². The molecule has 1 atom stereocenters. The van der Waals surface area contributed by atoms with Crippen LogP contribution < -0.4 is 24.4 Å². The van der Waals surface area contributed by atoms with Gasteiger partial charge >= 0.3 is 11.9 Å². The number of rotatable bonds is 9. The van der Waals surface area contributed by atoms with Gasteiger partial charge < -0.3 is 23.7 Å². The number of hydrogen-bond donors (Lipinski definition) is 1. The molecule has 0 saturated heterocycles. The van der Waals surface area contributed by atoms with Crippen molar-refractivity contribution >= 4 is 35.0 Å². The minimum absolute atomic E-state index is 0.122. The smallest absolute Gasteiger partial charge is 0.338 e. The molecular formula is C35H28N2O8S. The van der Waals surface area contributed by atoms with Crippen molar-refractivity contribution in [3.63, 3.8) is 0 Å². The number of furan rings is 1. The first-order chi connectivity index (χ1) is 22.3. The van der Waals surface area contributed by atoms with Gasteiger partial charge in [0.15, 0.2) is 16.3 Å². The lowest BCUT2D eigenvalue weighted by Gasteiger charge is -2.27. The summed E-state index contributed by atoms with van der Waals surface area (Å²) < 4.78 is 24.7. The maximum Gasteiger partial charge on any atom is 0.338 e. The monoisotopic (exact) mass is 636 g/mol. The molecule has 10 nitrogen and oxygen atoms in total. The first kappa shape index (κ1) is 30.4. The summed E-state index contributed by atoms with van der Waals surface area (Å²) in [5.41, 5.74) is 2.22. The largest absolute Gasteiger partial charge is 0.493 e. The number of methoxy groups -OCH3 is 2. The van der Waals surface area contributed by atoms with Gasteiger partial charge in [-0.05, 0) is 37.3 Å². The predicted octanol–water partition coefficient (Wildman–Crippen LogP) is 4.91. The second kappa shape index (κ2) is 12.7. The van der Waals surface area contributed by atoms with Crippen molar-refractivity contribution < 1.29 is 33.3 Å². The molecule has 3 heterocycles. The summed E-state index contributed by atoms with van der Waals surface area (Å²) in [5, 5.41) is 9.20. The molecular weight excluding hydrogens is 608 g/mol. The molecule has 1 unspecified atom stereocenters. The number of hydrogen-bond acceptors (Lipinski definition) is 9. The third-order valence-electron chi connectivity index (χ3n) is 7.42. The van der Waals surface area contributed by atoms with Crippen LogP contribution in [-0.2, 0) is 9.53 Å². The highest BCUT2D eigenvalue weighted by Crippen LogP contribution is 2.42. The van der Waals surface area contributed by atoms with Crippen LogP contribution in [0.3, 0.4) is 0 Å². The number of para-hydroxylation sites is 1. The summed E-state index contributed by atoms with van der Waals surface area (Å²) in [4.78, 5) is 44.5. The second-order valence-corrected chi connectivity index (χ2v) is 11.1. The van der Waals surface area contributed by atoms with E-state index in [9.17, 15) is 19.5 Å². The summed E-state index contributed by atoms with van der Waals surface area (Å²) in [5.74, 6) is 0.0811. The molecule has 11 heteroatoms. The molecule has 1 aliphatic heterocycles. The highest BCUT2D eigenvalue weighted by atomic mass is 32.1. The van der Waals surface area contributed by atoms with Gasteiger partial charge in [-0.3, -0.25) is 9.36 Å². The highest BCUT2D eigenvalue weighted by molar-refractivity contribution is 7.07. The second-order valence-electron chi connectivity index (χ2n) is 10.1. The molecule has 232 valence electrons. The molecule has 0 amide bonds. The SMILES string of the molecule is CCOC(=O)C1=C(c2ccccc2)N=c2sc(=Cc3ccc(-c4ccc(C(=O)O)cc4)o3)c(=O)n2C1c1cccc(OC)c1OC. The lowest BCUT2D eigenvalue weighted by atomic mass is 9.92. The molecule has 46 heavy (non-hydrogen) atoms. The minimum Gasteiger partial charge on any atom is -0.493 e. The Morgan fingerprint density at radius 3 is 2.39 bits per heavy atom. The van der Waals surface area contributed by atoms with Gasteiger partial charge in [0.05, 0.1) is 42.2 Å². The number of ether oxygens (including phenoxy) is 3. The molecule has 1 N–H and O–H groups in total. The molecule has 0 saturated carbocycles. The third kappa shape index (κ3) is 5.52. The summed E-state index contributed by atoms with van der Waals surface area (Å²) >= 11 is 1.16. The van der Waals surface area contributed by atoms with E-state index >= 15 is 0 Å². The molecule has 3 aromatic carbocycles. The number of thiazole rings is 1. The minimum atomic E-state index is -1.02. The summed E-state index contributed by atoms with van der Waals surface area (Å²) in [6.07, 6.45) is 1.62. The van der Waals surface area contributed by atoms with Crippen molar-refractivity contribution in [3.05, 3.63) is 133 Å². The Bertz CT molecular complexity index is 2160. The highest BCUT2D eigenvalue weighted by Gasteiger charge is 2.37. The van der Waals surface area contributed by atoms with E-state index in [0.29, 0.717) is 54.7 Å². The van der Waals surface area contributed by atoms with Crippen LogP contribution in [0.5, 0.6) is 11.5 Å². The molecule has 0 spiro atoms. The number of nitrogens with zero attached hydrogens (tertiary/aromatic N) is 2. The Morgan fingerprint density at radius 1 is 0.957 bits per heavy atom. The molecule has 0 bridgehead atoms. The van der Waals surface area contributed by atoms with Crippen LogP contribution in [0.1, 0.15) is 40.2 Å². The third-order valence-corrected chi connectivity index (χ3v) is 8.40. The van der Waals surface area contributed by atoms with Gasteiger partial charge in [0.2, 0.25) is 0 Å². The number of carboxylic acid groups (broad SMARTS) is 1. The van der Waals surface area contributed by atoms with Crippen LogP contribution in [0.2, 0.25) is 0 Å². The molecule has 1 aliphatic rings. The lowest BCUT2D eigenvalue weighted by Crippen LogP contribution is -2.40. The van der Waals surface area contributed by atoms with Gasteiger partial charge in [-0.2, -0.15) is 0 Å². The Hall–Kier alpha value is -5.68. The summed E-state index contributed by atoms with van der Waals surface area (Å²) in [6, 6.07) is 23.4. The number of aromatic nitrogens is 1. The topological polar surface area (TPSA) is 130 Å². The van der Waals surface area contributed by atoms with Crippen LogP contribution in [-0.4, -0.2) is 42.4 Å². The van der Waals surface area contributed by atoms with Crippen LogP contribution >= 0.6 is 11.3 Å². The van der Waals surface area contributed by atoms with E-state index in [1.54, 1.807) is 55.5 Å². The van der Waals surface area contributed by atoms with Crippen molar-refractivity contribution in [2.24, 2.45) is 4.99 Å². The Kier molecular flexibility index (Phi) is 8.41. The first-order valence-corrected chi connectivity index (χ1v) is 15.1. The fraction of sp³-hybridized carbons (Fsp3) is 0.143. The fourth-order valence-corrected chi connectivity index (χ4v) is 6.33. The van der Waals surface area contributed by atoms with Crippen LogP contribution in [0.15, 0.2) is 105 Å². The number of benzene rings is 3. The first-order valence-electron chi connectivity index (χ1n) is 14.3. The van der Waals surface area contributed by atoms with E-state index < -0.39 is 23.5 Å². The van der Waals surface area contributed by atoms with E-state index in [1.165, 1.54) is 30.9 Å². The average Bonchev–Trinajstić information content (AvgIpc) is 3.67. The van der Waals surface area contributed by atoms with Crippen molar-refractivity contribution in [2.45, 2.75) is 13.0 Å².